The van der Waals surface area contributed by atoms with Gasteiger partial charge in [0.1, 0.15) is 5.82 Å². The Balaban J connectivity index is 1.39. The Hall–Kier alpha value is -2.64. The Labute approximate surface area is 165 Å². The van der Waals surface area contributed by atoms with Crippen LogP contribution in [0, 0.1) is 6.92 Å². The summed E-state index contributed by atoms with van der Waals surface area (Å²) in [7, 11) is 0. The molecule has 0 radical (unpaired) electrons. The van der Waals surface area contributed by atoms with E-state index in [1.165, 1.54) is 13.0 Å². The Bertz CT molecular complexity index is 899. The Morgan fingerprint density at radius 2 is 1.64 bits per heavy atom. The van der Waals surface area contributed by atoms with Gasteiger partial charge in [-0.3, -0.25) is 4.90 Å². The second kappa shape index (κ2) is 8.58. The van der Waals surface area contributed by atoms with Crippen molar-refractivity contribution in [3.63, 3.8) is 0 Å². The third-order valence-electron chi connectivity index (χ3n) is 5.05. The average molecular weight is 378 g/mol. The second-order valence-electron chi connectivity index (χ2n) is 7.20. The van der Waals surface area contributed by atoms with Gasteiger partial charge in [-0.15, -0.1) is 0 Å². The molecular formula is C21H26N6O. The first-order valence-electron chi connectivity index (χ1n) is 9.89. The maximum absolute atomic E-state index is 5.49. The average Bonchev–Trinajstić information content (AvgIpc) is 3.18. The molecule has 7 nitrogen and oxygen atoms in total. The van der Waals surface area contributed by atoms with Gasteiger partial charge in [0.2, 0.25) is 11.7 Å². The molecule has 1 saturated heterocycles. The van der Waals surface area contributed by atoms with Gasteiger partial charge in [-0.25, -0.2) is 9.97 Å². The van der Waals surface area contributed by atoms with Crippen molar-refractivity contribution in [2.75, 3.05) is 32.7 Å². The zero-order chi connectivity index (χ0) is 19.3. The highest BCUT2D eigenvalue weighted by Crippen LogP contribution is 2.22. The summed E-state index contributed by atoms with van der Waals surface area (Å²) < 4.78 is 5.49. The number of nitrogens with zero attached hydrogens (tertiary/aromatic N) is 6. The van der Waals surface area contributed by atoms with Gasteiger partial charge in [-0.05, 0) is 26.0 Å². The summed E-state index contributed by atoms with van der Waals surface area (Å²) in [6.45, 7) is 10.3. The van der Waals surface area contributed by atoms with E-state index in [-0.39, 0.29) is 0 Å². The lowest BCUT2D eigenvalue weighted by Gasteiger charge is -2.33. The number of hydrogen-bond donors (Lipinski definition) is 0. The van der Waals surface area contributed by atoms with Crippen LogP contribution in [0.15, 0.2) is 41.1 Å². The van der Waals surface area contributed by atoms with Gasteiger partial charge in [0.05, 0.1) is 12.2 Å². The molecular weight excluding hydrogens is 352 g/mol. The first-order chi connectivity index (χ1) is 13.7. The van der Waals surface area contributed by atoms with Crippen LogP contribution in [0.5, 0.6) is 0 Å². The number of aromatic nitrogens is 4. The van der Waals surface area contributed by atoms with Crippen molar-refractivity contribution in [2.45, 2.75) is 26.8 Å². The topological polar surface area (TPSA) is 71.2 Å². The quantitative estimate of drug-likeness (QED) is 0.653. The van der Waals surface area contributed by atoms with Crippen LogP contribution in [-0.2, 0) is 6.54 Å². The molecule has 1 fully saturated rings. The Morgan fingerprint density at radius 3 is 2.36 bits per heavy atom. The minimum atomic E-state index is 0.630. The summed E-state index contributed by atoms with van der Waals surface area (Å²) in [5, 5.41) is 4.16. The number of rotatable bonds is 6. The van der Waals surface area contributed by atoms with Crippen LogP contribution in [-0.4, -0.2) is 62.6 Å². The molecule has 0 atom stereocenters. The summed E-state index contributed by atoms with van der Waals surface area (Å²) in [5.74, 6) is 2.07. The van der Waals surface area contributed by atoms with Crippen LogP contribution in [0.25, 0.3) is 22.6 Å². The molecule has 0 amide bonds. The summed E-state index contributed by atoms with van der Waals surface area (Å²) in [6.07, 6.45) is 2.99. The van der Waals surface area contributed by atoms with Crippen molar-refractivity contribution in [1.82, 2.24) is 29.9 Å². The summed E-state index contributed by atoms with van der Waals surface area (Å²) in [6, 6.07) is 9.98. The van der Waals surface area contributed by atoms with Crippen molar-refractivity contribution in [3.05, 3.63) is 48.2 Å². The molecule has 4 rings (SSSR count). The first-order valence-corrected chi connectivity index (χ1v) is 9.89. The fourth-order valence-electron chi connectivity index (χ4n) is 3.52. The van der Waals surface area contributed by atoms with Gasteiger partial charge >= 0.3 is 0 Å². The van der Waals surface area contributed by atoms with Crippen LogP contribution in [0.4, 0.5) is 0 Å². The van der Waals surface area contributed by atoms with Gasteiger partial charge in [-0.2, -0.15) is 4.98 Å². The molecule has 0 spiro atoms. The highest BCUT2D eigenvalue weighted by molar-refractivity contribution is 5.64. The van der Waals surface area contributed by atoms with Crippen molar-refractivity contribution in [2.24, 2.45) is 0 Å². The lowest BCUT2D eigenvalue weighted by Crippen LogP contribution is -2.46. The molecule has 3 aromatic rings. The SMILES string of the molecule is CCCN1CCN(Cc2nc(-c3ccc(-c4ccnc(C)n4)cc3)no2)CC1. The largest absolute Gasteiger partial charge is 0.338 e. The van der Waals surface area contributed by atoms with E-state index >= 15 is 0 Å². The molecule has 1 aromatic carbocycles. The van der Waals surface area contributed by atoms with E-state index in [9.17, 15) is 0 Å². The van der Waals surface area contributed by atoms with Crippen LogP contribution >= 0.6 is 0 Å². The van der Waals surface area contributed by atoms with E-state index in [4.69, 9.17) is 4.52 Å². The molecule has 0 aliphatic carbocycles. The summed E-state index contributed by atoms with van der Waals surface area (Å²) in [4.78, 5) is 18.1. The van der Waals surface area contributed by atoms with Crippen LogP contribution < -0.4 is 0 Å². The van der Waals surface area contributed by atoms with Crippen molar-refractivity contribution in [1.29, 1.82) is 0 Å². The lowest BCUT2D eigenvalue weighted by molar-refractivity contribution is 0.117. The normalized spacial score (nSPS) is 15.8. The van der Waals surface area contributed by atoms with Gasteiger partial charge < -0.3 is 9.42 Å². The first kappa shape index (κ1) is 18.7. The van der Waals surface area contributed by atoms with E-state index in [0.29, 0.717) is 18.3 Å². The predicted molar refractivity (Wildman–Crippen MR) is 108 cm³/mol. The second-order valence-corrected chi connectivity index (χ2v) is 7.20. The van der Waals surface area contributed by atoms with E-state index in [2.05, 4.69) is 36.8 Å². The van der Waals surface area contributed by atoms with Crippen molar-refractivity contribution in [3.8, 4) is 22.6 Å². The number of benzene rings is 1. The summed E-state index contributed by atoms with van der Waals surface area (Å²) in [5.41, 5.74) is 2.90. The van der Waals surface area contributed by atoms with Gasteiger partial charge in [0, 0.05) is 43.5 Å². The molecule has 7 heteroatoms. The van der Waals surface area contributed by atoms with E-state index < -0.39 is 0 Å². The summed E-state index contributed by atoms with van der Waals surface area (Å²) >= 11 is 0. The Morgan fingerprint density at radius 1 is 0.929 bits per heavy atom. The van der Waals surface area contributed by atoms with E-state index in [1.54, 1.807) is 6.20 Å². The monoisotopic (exact) mass is 378 g/mol. The van der Waals surface area contributed by atoms with E-state index in [0.717, 1.165) is 48.8 Å². The molecule has 3 heterocycles. The molecule has 2 aromatic heterocycles. The molecule has 1 aliphatic heterocycles. The standard InChI is InChI=1S/C21H26N6O/c1-3-10-26-11-13-27(14-12-26)15-20-24-21(25-28-20)18-6-4-17(5-7-18)19-8-9-22-16(2)23-19/h4-9H,3,10-15H2,1-2H3. The smallest absolute Gasteiger partial charge is 0.241 e. The highest BCUT2D eigenvalue weighted by Gasteiger charge is 2.19. The molecule has 0 bridgehead atoms. The fraction of sp³-hybridized carbons (Fsp3) is 0.429. The third kappa shape index (κ3) is 4.43. The van der Waals surface area contributed by atoms with Crippen LogP contribution in [0.3, 0.4) is 0 Å². The van der Waals surface area contributed by atoms with Crippen LogP contribution in [0.1, 0.15) is 25.1 Å². The molecule has 146 valence electrons. The van der Waals surface area contributed by atoms with Crippen molar-refractivity contribution < 1.29 is 4.52 Å². The van der Waals surface area contributed by atoms with Gasteiger partial charge in [0.15, 0.2) is 0 Å². The minimum absolute atomic E-state index is 0.630. The molecule has 0 N–H and O–H groups in total. The predicted octanol–water partition coefficient (Wildman–Crippen LogP) is 3.03. The molecule has 1 aliphatic rings. The highest BCUT2D eigenvalue weighted by atomic mass is 16.5. The maximum Gasteiger partial charge on any atom is 0.241 e. The molecule has 28 heavy (non-hydrogen) atoms. The van der Waals surface area contributed by atoms with E-state index in [1.807, 2.05) is 37.3 Å². The number of aryl methyl sites for hydroxylation is 1. The number of piperazine rings is 1. The third-order valence-corrected chi connectivity index (χ3v) is 5.05. The maximum atomic E-state index is 5.49. The fourth-order valence-corrected chi connectivity index (χ4v) is 3.52. The lowest BCUT2D eigenvalue weighted by atomic mass is 10.1. The van der Waals surface area contributed by atoms with Crippen molar-refractivity contribution >= 4 is 0 Å². The zero-order valence-electron chi connectivity index (χ0n) is 16.5. The minimum Gasteiger partial charge on any atom is -0.338 e. The molecule has 0 saturated carbocycles. The van der Waals surface area contributed by atoms with Crippen LogP contribution in [0.2, 0.25) is 0 Å². The zero-order valence-corrected chi connectivity index (χ0v) is 16.5. The van der Waals surface area contributed by atoms with Gasteiger partial charge in [-0.1, -0.05) is 36.3 Å². The van der Waals surface area contributed by atoms with Gasteiger partial charge in [0.25, 0.3) is 0 Å². The number of hydrogen-bond acceptors (Lipinski definition) is 7. The molecule has 0 unspecified atom stereocenters. The Kier molecular flexibility index (Phi) is 5.73.